The van der Waals surface area contributed by atoms with Crippen LogP contribution in [-0.2, 0) is 4.74 Å². The van der Waals surface area contributed by atoms with E-state index in [9.17, 15) is 0 Å². The molecule has 2 heteroatoms. The van der Waals surface area contributed by atoms with Crippen LogP contribution in [0.5, 0.6) is 0 Å². The quantitative estimate of drug-likeness (QED) is 0.453. The molecular weight excluding hydrogens is 138 g/mol. The summed E-state index contributed by atoms with van der Waals surface area (Å²) in [6.07, 6.45) is 6.41. The van der Waals surface area contributed by atoms with Crippen molar-refractivity contribution in [3.05, 3.63) is 37.0 Å². The molecule has 0 N–H and O–H groups in total. The summed E-state index contributed by atoms with van der Waals surface area (Å²) in [5.41, 5.74) is 0.849. The SMILES string of the molecule is C=C/C=C(\C=C)C(C)OC#N. The summed E-state index contributed by atoms with van der Waals surface area (Å²) in [6.45, 7) is 8.88. The van der Waals surface area contributed by atoms with Gasteiger partial charge in [-0.2, -0.15) is 5.26 Å². The molecule has 0 aromatic carbocycles. The van der Waals surface area contributed by atoms with Gasteiger partial charge < -0.3 is 4.74 Å². The average molecular weight is 149 g/mol. The molecule has 0 aromatic heterocycles. The molecule has 0 aliphatic carbocycles. The second-order valence-electron chi connectivity index (χ2n) is 1.96. The molecule has 0 aliphatic heterocycles. The van der Waals surface area contributed by atoms with Crippen molar-refractivity contribution in [1.29, 1.82) is 5.26 Å². The fraction of sp³-hybridized carbons (Fsp3) is 0.222. The fourth-order valence-electron chi connectivity index (χ4n) is 0.653. The minimum atomic E-state index is -0.240. The summed E-state index contributed by atoms with van der Waals surface area (Å²) >= 11 is 0. The van der Waals surface area contributed by atoms with E-state index in [1.165, 1.54) is 0 Å². The molecule has 11 heavy (non-hydrogen) atoms. The van der Waals surface area contributed by atoms with Crippen molar-refractivity contribution in [2.24, 2.45) is 0 Å². The Hall–Kier alpha value is -1.49. The lowest BCUT2D eigenvalue weighted by Gasteiger charge is -2.07. The molecule has 2 nitrogen and oxygen atoms in total. The van der Waals surface area contributed by atoms with Crippen LogP contribution in [-0.4, -0.2) is 6.10 Å². The van der Waals surface area contributed by atoms with Crippen molar-refractivity contribution in [2.45, 2.75) is 13.0 Å². The largest absolute Gasteiger partial charge is 0.420 e. The van der Waals surface area contributed by atoms with Crippen LogP contribution in [0.1, 0.15) is 6.92 Å². The zero-order valence-corrected chi connectivity index (χ0v) is 6.58. The van der Waals surface area contributed by atoms with E-state index < -0.39 is 0 Å². The van der Waals surface area contributed by atoms with Crippen molar-refractivity contribution in [2.75, 3.05) is 0 Å². The second kappa shape index (κ2) is 5.31. The molecule has 1 atom stereocenters. The van der Waals surface area contributed by atoms with Gasteiger partial charge in [0.05, 0.1) is 0 Å². The first-order valence-electron chi connectivity index (χ1n) is 3.26. The Morgan fingerprint density at radius 2 is 2.27 bits per heavy atom. The Labute approximate surface area is 67.1 Å². The molecule has 58 valence electrons. The second-order valence-corrected chi connectivity index (χ2v) is 1.96. The highest BCUT2D eigenvalue weighted by molar-refractivity contribution is 5.24. The van der Waals surface area contributed by atoms with Gasteiger partial charge in [0.25, 0.3) is 6.26 Å². The highest BCUT2D eigenvalue weighted by Gasteiger charge is 2.03. The van der Waals surface area contributed by atoms with E-state index in [4.69, 9.17) is 5.26 Å². The summed E-state index contributed by atoms with van der Waals surface area (Å²) < 4.78 is 4.67. The topological polar surface area (TPSA) is 33.0 Å². The molecule has 1 unspecified atom stereocenters. The predicted molar refractivity (Wildman–Crippen MR) is 44.6 cm³/mol. The van der Waals surface area contributed by atoms with Gasteiger partial charge in [0.2, 0.25) is 0 Å². The summed E-state index contributed by atoms with van der Waals surface area (Å²) in [5.74, 6) is 0. The number of allylic oxidation sites excluding steroid dienone is 2. The number of hydrogen-bond donors (Lipinski definition) is 0. The molecule has 0 radical (unpaired) electrons. The summed E-state index contributed by atoms with van der Waals surface area (Å²) in [4.78, 5) is 0. The molecule has 0 fully saturated rings. The summed E-state index contributed by atoms with van der Waals surface area (Å²) in [6, 6.07) is 0. The van der Waals surface area contributed by atoms with Crippen LogP contribution >= 0.6 is 0 Å². The normalized spacial score (nSPS) is 12.9. The Kier molecular flexibility index (Phi) is 4.59. The van der Waals surface area contributed by atoms with Gasteiger partial charge in [-0.25, -0.2) is 0 Å². The molecule has 0 heterocycles. The number of nitriles is 1. The van der Waals surface area contributed by atoms with Gasteiger partial charge in [-0.1, -0.05) is 31.4 Å². The highest BCUT2D eigenvalue weighted by atomic mass is 16.5. The van der Waals surface area contributed by atoms with E-state index in [0.717, 1.165) is 5.57 Å². The zero-order valence-electron chi connectivity index (χ0n) is 6.58. The maximum atomic E-state index is 8.19. The lowest BCUT2D eigenvalue weighted by molar-refractivity contribution is 0.216. The van der Waals surface area contributed by atoms with Crippen molar-refractivity contribution >= 4 is 0 Å². The molecule has 0 saturated heterocycles. The Morgan fingerprint density at radius 3 is 2.64 bits per heavy atom. The van der Waals surface area contributed by atoms with Crippen LogP contribution in [0.4, 0.5) is 0 Å². The number of hydrogen-bond acceptors (Lipinski definition) is 2. The van der Waals surface area contributed by atoms with Crippen molar-refractivity contribution in [1.82, 2.24) is 0 Å². The monoisotopic (exact) mass is 149 g/mol. The minimum absolute atomic E-state index is 0.240. The van der Waals surface area contributed by atoms with Gasteiger partial charge in [-0.05, 0) is 12.5 Å². The van der Waals surface area contributed by atoms with Crippen molar-refractivity contribution in [3.63, 3.8) is 0 Å². The van der Waals surface area contributed by atoms with Gasteiger partial charge in [0.15, 0.2) is 0 Å². The molecule has 0 aliphatic rings. The van der Waals surface area contributed by atoms with Crippen LogP contribution in [0.25, 0.3) is 0 Å². The first kappa shape index (κ1) is 9.51. The predicted octanol–water partition coefficient (Wildman–Crippen LogP) is 2.17. The van der Waals surface area contributed by atoms with Crippen LogP contribution < -0.4 is 0 Å². The van der Waals surface area contributed by atoms with Crippen molar-refractivity contribution in [3.8, 4) is 6.26 Å². The van der Waals surface area contributed by atoms with E-state index >= 15 is 0 Å². The lowest BCUT2D eigenvalue weighted by atomic mass is 10.1. The van der Waals surface area contributed by atoms with Crippen LogP contribution in [0, 0.1) is 11.5 Å². The van der Waals surface area contributed by atoms with Gasteiger partial charge in [0, 0.05) is 0 Å². The minimum Gasteiger partial charge on any atom is -0.420 e. The van der Waals surface area contributed by atoms with Crippen LogP contribution in [0.2, 0.25) is 0 Å². The van der Waals surface area contributed by atoms with E-state index in [2.05, 4.69) is 17.9 Å². The third-order valence-electron chi connectivity index (χ3n) is 1.24. The molecule has 0 bridgehead atoms. The standard InChI is InChI=1S/C9H11NO/c1-4-6-9(5-2)8(3)11-7-10/h4-6,8H,1-2H2,3H3/b9-6+. The number of rotatable bonds is 4. The van der Waals surface area contributed by atoms with Crippen LogP contribution in [0.3, 0.4) is 0 Å². The van der Waals surface area contributed by atoms with E-state index in [1.807, 2.05) is 0 Å². The van der Waals surface area contributed by atoms with Gasteiger partial charge in [-0.3, -0.25) is 0 Å². The average Bonchev–Trinajstić information content (AvgIpc) is 2.00. The first-order chi connectivity index (χ1) is 5.26. The zero-order chi connectivity index (χ0) is 8.69. The Balaban J connectivity index is 4.27. The molecule has 0 aromatic rings. The third kappa shape index (κ3) is 3.27. The first-order valence-corrected chi connectivity index (χ1v) is 3.26. The van der Waals surface area contributed by atoms with Crippen LogP contribution in [0.15, 0.2) is 37.0 Å². The number of nitrogens with zero attached hydrogens (tertiary/aromatic N) is 1. The third-order valence-corrected chi connectivity index (χ3v) is 1.24. The summed E-state index contributed by atoms with van der Waals surface area (Å²) in [7, 11) is 0. The molecule has 0 rings (SSSR count). The molecule has 0 saturated carbocycles. The maximum Gasteiger partial charge on any atom is 0.286 e. The van der Waals surface area contributed by atoms with Gasteiger partial charge in [-0.15, -0.1) is 0 Å². The maximum absolute atomic E-state index is 8.19. The Morgan fingerprint density at radius 1 is 1.64 bits per heavy atom. The van der Waals surface area contributed by atoms with E-state index in [0.29, 0.717) is 0 Å². The van der Waals surface area contributed by atoms with Gasteiger partial charge >= 0.3 is 0 Å². The molecule has 0 amide bonds. The molecule has 0 spiro atoms. The number of ether oxygens (including phenoxy) is 1. The summed E-state index contributed by atoms with van der Waals surface area (Å²) in [5, 5.41) is 8.19. The highest BCUT2D eigenvalue weighted by Crippen LogP contribution is 2.06. The van der Waals surface area contributed by atoms with E-state index in [-0.39, 0.29) is 6.10 Å². The van der Waals surface area contributed by atoms with E-state index in [1.54, 1.807) is 31.4 Å². The lowest BCUT2D eigenvalue weighted by Crippen LogP contribution is -2.05. The molecular formula is C9H11NO. The Bertz CT molecular complexity index is 210. The smallest absolute Gasteiger partial charge is 0.286 e. The van der Waals surface area contributed by atoms with Gasteiger partial charge in [0.1, 0.15) is 6.10 Å². The fourth-order valence-corrected chi connectivity index (χ4v) is 0.653. The van der Waals surface area contributed by atoms with Crippen molar-refractivity contribution < 1.29 is 4.74 Å².